The number of hydrogen-bond donors (Lipinski definition) is 2. The van der Waals surface area contributed by atoms with Crippen molar-refractivity contribution in [1.82, 2.24) is 9.97 Å². The molecule has 0 radical (unpaired) electrons. The average molecular weight is 260 g/mol. The van der Waals surface area contributed by atoms with Crippen LogP contribution in [0, 0.1) is 4.77 Å². The fraction of sp³-hybridized carbons (Fsp3) is 0.231. The Bertz CT molecular complexity index is 731. The molecule has 0 fully saturated rings. The normalized spacial score (nSPS) is 12.7. The van der Waals surface area contributed by atoms with Gasteiger partial charge in [-0.2, -0.15) is 0 Å². The zero-order valence-electron chi connectivity index (χ0n) is 9.87. The Morgan fingerprint density at radius 1 is 1.28 bits per heavy atom. The second-order valence-electron chi connectivity index (χ2n) is 4.28. The predicted molar refractivity (Wildman–Crippen MR) is 71.6 cm³/mol. The number of aromatic amines is 2. The van der Waals surface area contributed by atoms with Gasteiger partial charge in [-0.05, 0) is 48.8 Å². The van der Waals surface area contributed by atoms with E-state index in [1.54, 1.807) is 7.11 Å². The zero-order valence-corrected chi connectivity index (χ0v) is 10.7. The number of aryl methyl sites for hydroxylation is 1. The van der Waals surface area contributed by atoms with Crippen LogP contribution in [0.3, 0.4) is 0 Å². The molecule has 0 atom stereocenters. The molecule has 3 rings (SSSR count). The first-order valence-electron chi connectivity index (χ1n) is 5.72. The maximum absolute atomic E-state index is 11.9. The predicted octanol–water partition coefficient (Wildman–Crippen LogP) is 2.21. The van der Waals surface area contributed by atoms with Gasteiger partial charge in [-0.15, -0.1) is 0 Å². The Morgan fingerprint density at radius 2 is 2.11 bits per heavy atom. The molecule has 5 heteroatoms. The molecule has 4 nitrogen and oxygen atoms in total. The molecule has 18 heavy (non-hydrogen) atoms. The van der Waals surface area contributed by atoms with E-state index >= 15 is 0 Å². The molecule has 1 aromatic carbocycles. The van der Waals surface area contributed by atoms with E-state index in [1.807, 2.05) is 18.2 Å². The summed E-state index contributed by atoms with van der Waals surface area (Å²) in [6.45, 7) is 0. The fourth-order valence-corrected chi connectivity index (χ4v) is 2.58. The molecule has 0 spiro atoms. The maximum atomic E-state index is 11.9. The Hall–Kier alpha value is -1.88. The van der Waals surface area contributed by atoms with E-state index in [1.165, 1.54) is 5.56 Å². The van der Waals surface area contributed by atoms with Gasteiger partial charge in [0.1, 0.15) is 5.75 Å². The molecule has 0 saturated carbocycles. The molecular weight excluding hydrogens is 248 g/mol. The Balaban J connectivity index is 2.29. The Kier molecular flexibility index (Phi) is 2.56. The first kappa shape index (κ1) is 11.2. The summed E-state index contributed by atoms with van der Waals surface area (Å²) < 4.78 is 5.58. The minimum Gasteiger partial charge on any atom is -0.497 e. The van der Waals surface area contributed by atoms with E-state index in [2.05, 4.69) is 9.97 Å². The summed E-state index contributed by atoms with van der Waals surface area (Å²) in [5.41, 5.74) is 3.75. The number of rotatable bonds is 1. The summed E-state index contributed by atoms with van der Waals surface area (Å²) in [6.07, 6.45) is 1.56. The topological polar surface area (TPSA) is 57.9 Å². The van der Waals surface area contributed by atoms with Crippen molar-refractivity contribution in [3.05, 3.63) is 44.5 Å². The van der Waals surface area contributed by atoms with Crippen molar-refractivity contribution in [3.63, 3.8) is 0 Å². The first-order valence-corrected chi connectivity index (χ1v) is 6.12. The van der Waals surface area contributed by atoms with E-state index in [4.69, 9.17) is 17.0 Å². The lowest BCUT2D eigenvalue weighted by molar-refractivity contribution is 0.414. The highest BCUT2D eigenvalue weighted by molar-refractivity contribution is 7.71. The number of aromatic nitrogens is 2. The highest BCUT2D eigenvalue weighted by Crippen LogP contribution is 2.32. The summed E-state index contributed by atoms with van der Waals surface area (Å²) in [4.78, 5) is 17.6. The standard InChI is InChI=1S/C13H12N2O2S/c1-17-8-3-5-9-7(6-8)2-4-10-11(9)14-13(18)15-12(10)16/h3,5-6H,2,4H2,1H3,(H2,14,15,16,18). The quantitative estimate of drug-likeness (QED) is 0.773. The summed E-state index contributed by atoms with van der Waals surface area (Å²) in [6, 6.07) is 5.87. The van der Waals surface area contributed by atoms with Gasteiger partial charge in [0.25, 0.3) is 5.56 Å². The fourth-order valence-electron chi connectivity index (χ4n) is 2.39. The molecule has 1 heterocycles. The lowest BCUT2D eigenvalue weighted by atomic mass is 9.89. The lowest BCUT2D eigenvalue weighted by Gasteiger charge is -2.19. The third-order valence-electron chi connectivity index (χ3n) is 3.27. The second-order valence-corrected chi connectivity index (χ2v) is 4.69. The van der Waals surface area contributed by atoms with E-state index < -0.39 is 0 Å². The van der Waals surface area contributed by atoms with Crippen molar-refractivity contribution in [3.8, 4) is 17.0 Å². The summed E-state index contributed by atoms with van der Waals surface area (Å²) >= 11 is 5.03. The number of benzene rings is 1. The molecule has 1 aromatic heterocycles. The molecule has 2 aromatic rings. The van der Waals surface area contributed by atoms with Gasteiger partial charge < -0.3 is 9.72 Å². The van der Waals surface area contributed by atoms with Crippen LogP contribution in [0.1, 0.15) is 11.1 Å². The number of fused-ring (bicyclic) bond motifs is 3. The number of hydrogen-bond acceptors (Lipinski definition) is 3. The molecule has 0 saturated heterocycles. The number of ether oxygens (including phenoxy) is 1. The SMILES string of the molecule is COc1ccc2c(c1)CCc1c-2[nH]c(=S)[nH]c1=O. The number of H-pyrrole nitrogens is 2. The van der Waals surface area contributed by atoms with Gasteiger partial charge in [0.15, 0.2) is 4.77 Å². The van der Waals surface area contributed by atoms with Gasteiger partial charge in [0.2, 0.25) is 0 Å². The van der Waals surface area contributed by atoms with Crippen LogP contribution >= 0.6 is 12.2 Å². The third kappa shape index (κ3) is 1.67. The molecule has 2 N–H and O–H groups in total. The van der Waals surface area contributed by atoms with Gasteiger partial charge in [0, 0.05) is 11.1 Å². The summed E-state index contributed by atoms with van der Waals surface area (Å²) in [5.74, 6) is 0.834. The van der Waals surface area contributed by atoms with Crippen LogP contribution in [0.5, 0.6) is 5.75 Å². The molecule has 0 aliphatic heterocycles. The van der Waals surface area contributed by atoms with Crippen molar-refractivity contribution in [2.24, 2.45) is 0 Å². The van der Waals surface area contributed by atoms with Crippen LogP contribution in [-0.2, 0) is 12.8 Å². The molecule has 1 aliphatic rings. The number of methoxy groups -OCH3 is 1. The molecule has 92 valence electrons. The molecule has 0 bridgehead atoms. The van der Waals surface area contributed by atoms with Crippen molar-refractivity contribution in [2.75, 3.05) is 7.11 Å². The van der Waals surface area contributed by atoms with Crippen molar-refractivity contribution in [1.29, 1.82) is 0 Å². The van der Waals surface area contributed by atoms with Gasteiger partial charge >= 0.3 is 0 Å². The van der Waals surface area contributed by atoms with E-state index in [0.29, 0.717) is 4.77 Å². The zero-order chi connectivity index (χ0) is 12.7. The van der Waals surface area contributed by atoms with Gasteiger partial charge in [-0.25, -0.2) is 0 Å². The van der Waals surface area contributed by atoms with Crippen LogP contribution in [0.15, 0.2) is 23.0 Å². The molecule has 0 amide bonds. The molecular formula is C13H12N2O2S. The summed E-state index contributed by atoms with van der Waals surface area (Å²) in [7, 11) is 1.65. The minimum absolute atomic E-state index is 0.0878. The second kappa shape index (κ2) is 4.10. The van der Waals surface area contributed by atoms with Crippen molar-refractivity contribution in [2.45, 2.75) is 12.8 Å². The van der Waals surface area contributed by atoms with E-state index in [-0.39, 0.29) is 5.56 Å². The van der Waals surface area contributed by atoms with Crippen LogP contribution in [0.2, 0.25) is 0 Å². The third-order valence-corrected chi connectivity index (χ3v) is 3.47. The molecule has 1 aliphatic carbocycles. The monoisotopic (exact) mass is 260 g/mol. The lowest BCUT2D eigenvalue weighted by Crippen LogP contribution is -2.20. The van der Waals surface area contributed by atoms with Crippen LogP contribution in [0.25, 0.3) is 11.3 Å². The average Bonchev–Trinajstić information content (AvgIpc) is 2.37. The van der Waals surface area contributed by atoms with Gasteiger partial charge in [0.05, 0.1) is 12.8 Å². The molecule has 0 unspecified atom stereocenters. The van der Waals surface area contributed by atoms with Gasteiger partial charge in [-0.3, -0.25) is 9.78 Å². The van der Waals surface area contributed by atoms with Crippen LogP contribution in [0.4, 0.5) is 0 Å². The van der Waals surface area contributed by atoms with Crippen LogP contribution < -0.4 is 10.3 Å². The highest BCUT2D eigenvalue weighted by atomic mass is 32.1. The minimum atomic E-state index is -0.0878. The smallest absolute Gasteiger partial charge is 0.255 e. The summed E-state index contributed by atoms with van der Waals surface area (Å²) in [5, 5.41) is 0. The largest absolute Gasteiger partial charge is 0.497 e. The van der Waals surface area contributed by atoms with Crippen molar-refractivity contribution < 1.29 is 4.74 Å². The Morgan fingerprint density at radius 3 is 2.89 bits per heavy atom. The van der Waals surface area contributed by atoms with Crippen LogP contribution in [-0.4, -0.2) is 17.1 Å². The van der Waals surface area contributed by atoms with E-state index in [0.717, 1.165) is 35.4 Å². The number of nitrogens with one attached hydrogen (secondary N) is 2. The highest BCUT2D eigenvalue weighted by Gasteiger charge is 2.19. The van der Waals surface area contributed by atoms with Crippen molar-refractivity contribution >= 4 is 12.2 Å². The first-order chi connectivity index (χ1) is 8.69. The van der Waals surface area contributed by atoms with E-state index in [9.17, 15) is 4.79 Å². The van der Waals surface area contributed by atoms with Gasteiger partial charge in [-0.1, -0.05) is 0 Å². The Labute approximate surface area is 109 Å². The maximum Gasteiger partial charge on any atom is 0.255 e.